The molecule has 0 radical (unpaired) electrons. The van der Waals surface area contributed by atoms with Crippen molar-refractivity contribution in [2.45, 2.75) is 0 Å². The highest BCUT2D eigenvalue weighted by Gasteiger charge is 1.89. The second-order valence-electron chi connectivity index (χ2n) is 0.991. The van der Waals surface area contributed by atoms with E-state index in [0.29, 0.717) is 5.13 Å². The fraction of sp³-hybridized carbons (Fsp3) is 0. The van der Waals surface area contributed by atoms with Gasteiger partial charge in [0, 0.05) is 11.5 Å². The van der Waals surface area contributed by atoms with Gasteiger partial charge in [-0.25, -0.2) is 0 Å². The van der Waals surface area contributed by atoms with Crippen LogP contribution in [0.3, 0.4) is 0 Å². The van der Waals surface area contributed by atoms with Gasteiger partial charge in [-0.2, -0.15) is 9.36 Å². The first-order chi connectivity index (χ1) is 3.29. The summed E-state index contributed by atoms with van der Waals surface area (Å²) in [5.74, 6) is 0.252. The molecule has 0 bridgehead atoms. The number of nitrogens with zero attached hydrogens (tertiary/aromatic N) is 2. The standard InChI is InChI=1S/C2H4N4S/c3-1-5-2(4)7-6-1/h(H4,3,4,5,6). The van der Waals surface area contributed by atoms with Crippen LogP contribution in [-0.2, 0) is 0 Å². The molecule has 7 heavy (non-hydrogen) atoms. The molecule has 1 aromatic heterocycles. The summed E-state index contributed by atoms with van der Waals surface area (Å²) in [6.45, 7) is 0. The predicted octanol–water partition coefficient (Wildman–Crippen LogP) is -0.298. The molecule has 0 fully saturated rings. The molecular weight excluding hydrogens is 112 g/mol. The number of rotatable bonds is 0. The largest absolute Gasteiger partial charge is 0.374 e. The molecule has 0 spiro atoms. The molecule has 0 saturated carbocycles. The Bertz CT molecular complexity index is 142. The van der Waals surface area contributed by atoms with Crippen LogP contribution in [0.1, 0.15) is 0 Å². The number of hydrogen-bond acceptors (Lipinski definition) is 5. The zero-order valence-corrected chi connectivity index (χ0v) is 4.27. The highest BCUT2D eigenvalue weighted by molar-refractivity contribution is 7.09. The summed E-state index contributed by atoms with van der Waals surface area (Å²) in [6, 6.07) is 0. The van der Waals surface area contributed by atoms with Gasteiger partial charge in [0.25, 0.3) is 0 Å². The van der Waals surface area contributed by atoms with E-state index in [1.54, 1.807) is 0 Å². The summed E-state index contributed by atoms with van der Waals surface area (Å²) in [5, 5.41) is 0.414. The van der Waals surface area contributed by atoms with Gasteiger partial charge >= 0.3 is 0 Å². The number of nitrogens with two attached hydrogens (primary N) is 2. The van der Waals surface area contributed by atoms with Gasteiger partial charge in [-0.3, -0.25) is 0 Å². The minimum absolute atomic E-state index is 0.252. The first-order valence-electron chi connectivity index (χ1n) is 1.63. The monoisotopic (exact) mass is 116 g/mol. The van der Waals surface area contributed by atoms with Crippen molar-refractivity contribution < 1.29 is 0 Å². The molecule has 1 aromatic rings. The van der Waals surface area contributed by atoms with Crippen molar-refractivity contribution in [2.24, 2.45) is 0 Å². The summed E-state index contributed by atoms with van der Waals surface area (Å²) in [6.07, 6.45) is 0. The van der Waals surface area contributed by atoms with Crippen molar-refractivity contribution in [1.82, 2.24) is 9.36 Å². The maximum atomic E-state index is 5.14. The van der Waals surface area contributed by atoms with Crippen molar-refractivity contribution in [1.29, 1.82) is 0 Å². The lowest BCUT2D eigenvalue weighted by atomic mass is 11.1. The molecule has 0 aliphatic rings. The van der Waals surface area contributed by atoms with Gasteiger partial charge in [0.1, 0.15) is 0 Å². The zero-order chi connectivity index (χ0) is 5.28. The number of hydrogen-bond donors (Lipinski definition) is 2. The summed E-state index contributed by atoms with van der Waals surface area (Å²) >= 11 is 1.10. The van der Waals surface area contributed by atoms with Gasteiger partial charge in [0.05, 0.1) is 0 Å². The molecule has 0 saturated heterocycles. The van der Waals surface area contributed by atoms with E-state index < -0.39 is 0 Å². The predicted molar refractivity (Wildman–Crippen MR) is 28.7 cm³/mol. The maximum absolute atomic E-state index is 5.14. The number of aromatic nitrogens is 2. The molecule has 38 valence electrons. The lowest BCUT2D eigenvalue weighted by molar-refractivity contribution is 1.35. The molecule has 1 rings (SSSR count). The van der Waals surface area contributed by atoms with Gasteiger partial charge in [0.2, 0.25) is 11.1 Å². The van der Waals surface area contributed by atoms with Crippen molar-refractivity contribution >= 4 is 22.6 Å². The minimum atomic E-state index is 0.252. The molecule has 5 heteroatoms. The maximum Gasteiger partial charge on any atom is 0.233 e. The van der Waals surface area contributed by atoms with Crippen molar-refractivity contribution in [3.8, 4) is 0 Å². The Balaban J connectivity index is 3.04. The third kappa shape index (κ3) is 0.774. The summed E-state index contributed by atoms with van der Waals surface area (Å²) in [4.78, 5) is 3.57. The molecule has 4 N–H and O–H groups in total. The van der Waals surface area contributed by atoms with Crippen LogP contribution in [0.5, 0.6) is 0 Å². The van der Waals surface area contributed by atoms with Gasteiger partial charge in [-0.1, -0.05) is 0 Å². The lowest BCUT2D eigenvalue weighted by Gasteiger charge is -1.69. The fourth-order valence-electron chi connectivity index (χ4n) is 0.247. The molecule has 0 aliphatic heterocycles. The Morgan fingerprint density at radius 1 is 1.43 bits per heavy atom. The SMILES string of the molecule is Nc1nsc(N)n1. The number of anilines is 2. The average Bonchev–Trinajstić information content (AvgIpc) is 1.87. The molecule has 0 amide bonds. The van der Waals surface area contributed by atoms with E-state index in [-0.39, 0.29) is 5.95 Å². The molecular formula is C2H4N4S. The lowest BCUT2D eigenvalue weighted by Crippen LogP contribution is -1.86. The van der Waals surface area contributed by atoms with E-state index in [0.717, 1.165) is 11.5 Å². The van der Waals surface area contributed by atoms with E-state index in [2.05, 4.69) is 9.36 Å². The van der Waals surface area contributed by atoms with Crippen LogP contribution in [0.25, 0.3) is 0 Å². The molecule has 4 nitrogen and oxygen atoms in total. The average molecular weight is 116 g/mol. The van der Waals surface area contributed by atoms with Crippen LogP contribution in [-0.4, -0.2) is 9.36 Å². The molecule has 0 unspecified atom stereocenters. The second-order valence-corrected chi connectivity index (χ2v) is 1.77. The van der Waals surface area contributed by atoms with Crippen LogP contribution in [0.4, 0.5) is 11.1 Å². The molecule has 0 atom stereocenters. The van der Waals surface area contributed by atoms with Gasteiger partial charge in [-0.15, -0.1) is 0 Å². The van der Waals surface area contributed by atoms with Gasteiger partial charge < -0.3 is 11.5 Å². The van der Waals surface area contributed by atoms with E-state index >= 15 is 0 Å². The Kier molecular flexibility index (Phi) is 0.828. The Labute approximate surface area is 44.3 Å². The van der Waals surface area contributed by atoms with Crippen LogP contribution >= 0.6 is 11.5 Å². The topological polar surface area (TPSA) is 77.8 Å². The van der Waals surface area contributed by atoms with Crippen molar-refractivity contribution in [3.05, 3.63) is 0 Å². The summed E-state index contributed by atoms with van der Waals surface area (Å²) in [7, 11) is 0. The van der Waals surface area contributed by atoms with Gasteiger partial charge in [-0.05, 0) is 0 Å². The van der Waals surface area contributed by atoms with Gasteiger partial charge in [0.15, 0.2) is 0 Å². The van der Waals surface area contributed by atoms with Crippen LogP contribution < -0.4 is 11.5 Å². The first-order valence-corrected chi connectivity index (χ1v) is 2.41. The quantitative estimate of drug-likeness (QED) is 0.488. The van der Waals surface area contributed by atoms with Crippen molar-refractivity contribution in [3.63, 3.8) is 0 Å². The summed E-state index contributed by atoms with van der Waals surface area (Å²) in [5.41, 5.74) is 10.2. The zero-order valence-electron chi connectivity index (χ0n) is 3.46. The second kappa shape index (κ2) is 1.34. The van der Waals surface area contributed by atoms with E-state index in [9.17, 15) is 0 Å². The number of nitrogen functional groups attached to an aromatic ring is 2. The van der Waals surface area contributed by atoms with E-state index in [4.69, 9.17) is 11.5 Å². The normalized spacial score (nSPS) is 9.14. The highest BCUT2D eigenvalue weighted by atomic mass is 32.1. The minimum Gasteiger partial charge on any atom is -0.374 e. The highest BCUT2D eigenvalue weighted by Crippen LogP contribution is 2.04. The Hall–Kier alpha value is -0.840. The van der Waals surface area contributed by atoms with Crippen molar-refractivity contribution in [2.75, 3.05) is 11.5 Å². The first kappa shape index (κ1) is 4.32. The smallest absolute Gasteiger partial charge is 0.233 e. The Morgan fingerprint density at radius 3 is 2.29 bits per heavy atom. The van der Waals surface area contributed by atoms with Crippen LogP contribution in [0, 0.1) is 0 Å². The summed E-state index contributed by atoms with van der Waals surface area (Å²) < 4.78 is 3.60. The molecule has 0 aliphatic carbocycles. The third-order valence-corrected chi connectivity index (χ3v) is 1.01. The molecule has 1 heterocycles. The molecule has 0 aromatic carbocycles. The fourth-order valence-corrected chi connectivity index (χ4v) is 0.609. The van der Waals surface area contributed by atoms with E-state index in [1.165, 1.54) is 0 Å². The van der Waals surface area contributed by atoms with E-state index in [1.807, 2.05) is 0 Å². The third-order valence-electron chi connectivity index (χ3n) is 0.457. The van der Waals surface area contributed by atoms with Crippen LogP contribution in [0.2, 0.25) is 0 Å². The Morgan fingerprint density at radius 2 is 2.14 bits per heavy atom. The van der Waals surface area contributed by atoms with Crippen LogP contribution in [0.15, 0.2) is 0 Å².